The minimum Gasteiger partial charge on any atom is -0.473 e. The quantitative estimate of drug-likeness (QED) is 0.719. The average molecular weight is 384 g/mol. The molecule has 1 saturated heterocycles. The fraction of sp³-hybridized carbons (Fsp3) is 0.529. The zero-order chi connectivity index (χ0) is 19.3. The average Bonchev–Trinajstić information content (AvgIpc) is 3.06. The van der Waals surface area contributed by atoms with Crippen molar-refractivity contribution < 1.29 is 28.2 Å². The van der Waals surface area contributed by atoms with Gasteiger partial charge in [0.05, 0.1) is 5.75 Å². The van der Waals surface area contributed by atoms with Gasteiger partial charge in [0.1, 0.15) is 0 Å². The van der Waals surface area contributed by atoms with Crippen LogP contribution in [0.1, 0.15) is 18.1 Å². The maximum absolute atomic E-state index is 11.9. The van der Waals surface area contributed by atoms with E-state index in [4.69, 9.17) is 19.8 Å². The Morgan fingerprint density at radius 1 is 1.00 bits per heavy atom. The summed E-state index contributed by atoms with van der Waals surface area (Å²) in [5.41, 5.74) is 2.92. The van der Waals surface area contributed by atoms with E-state index < -0.39 is 22.0 Å². The van der Waals surface area contributed by atoms with E-state index in [9.17, 15) is 8.42 Å². The second kappa shape index (κ2) is 8.61. The number of nitrogens with zero attached hydrogens (tertiary/aromatic N) is 2. The summed E-state index contributed by atoms with van der Waals surface area (Å²) in [6, 6.07) is 9.19. The summed E-state index contributed by atoms with van der Waals surface area (Å²) in [6.07, 6.45) is 2.22. The maximum Gasteiger partial charge on any atom is 0.414 e. The lowest BCUT2D eigenvalue weighted by molar-refractivity contribution is -0.159. The van der Waals surface area contributed by atoms with Gasteiger partial charge >= 0.3 is 11.9 Å². The molecule has 0 bridgehead atoms. The summed E-state index contributed by atoms with van der Waals surface area (Å²) in [7, 11) is -3.02. The van der Waals surface area contributed by atoms with E-state index >= 15 is 0 Å². The Balaban J connectivity index is 0.000000352. The van der Waals surface area contributed by atoms with Gasteiger partial charge in [-0.3, -0.25) is 4.90 Å². The number of aliphatic carboxylic acids is 2. The molecule has 0 aromatic heterocycles. The molecule has 2 N–H and O–H groups in total. The number of piperazine rings is 1. The number of carboxylic acids is 2. The first kappa shape index (κ1) is 20.3. The van der Waals surface area contributed by atoms with Crippen molar-refractivity contribution in [3.05, 3.63) is 35.4 Å². The van der Waals surface area contributed by atoms with Crippen LogP contribution in [0.3, 0.4) is 0 Å². The molecule has 1 aromatic carbocycles. The van der Waals surface area contributed by atoms with Crippen LogP contribution in [0.2, 0.25) is 0 Å². The van der Waals surface area contributed by atoms with E-state index in [0.717, 1.165) is 25.9 Å². The second-order valence-corrected chi connectivity index (χ2v) is 8.53. The molecule has 0 atom stereocenters. The van der Waals surface area contributed by atoms with Crippen molar-refractivity contribution >= 4 is 22.0 Å². The van der Waals surface area contributed by atoms with Gasteiger partial charge in [-0.25, -0.2) is 18.0 Å². The van der Waals surface area contributed by atoms with Gasteiger partial charge in [0, 0.05) is 32.2 Å². The molecule has 144 valence electrons. The minimum absolute atomic E-state index is 0.210. The maximum atomic E-state index is 11.9. The SMILES string of the molecule is CCS(=O)(=O)N1CCN(C2Cc3ccccc3C2)CC1.O=C(O)C(=O)O. The highest BCUT2D eigenvalue weighted by atomic mass is 32.2. The Labute approximate surface area is 153 Å². The molecule has 0 saturated carbocycles. The highest BCUT2D eigenvalue weighted by molar-refractivity contribution is 7.89. The van der Waals surface area contributed by atoms with Gasteiger partial charge in [-0.05, 0) is 30.9 Å². The summed E-state index contributed by atoms with van der Waals surface area (Å²) in [5.74, 6) is -3.44. The van der Waals surface area contributed by atoms with Gasteiger partial charge in [-0.15, -0.1) is 0 Å². The number of hydrogen-bond acceptors (Lipinski definition) is 5. The fourth-order valence-electron chi connectivity index (χ4n) is 3.32. The van der Waals surface area contributed by atoms with Crippen LogP contribution >= 0.6 is 0 Å². The van der Waals surface area contributed by atoms with Gasteiger partial charge in [0.15, 0.2) is 0 Å². The standard InChI is InChI=1S/C15H22N2O2S.C2H2O4/c1-2-20(18,19)17-9-7-16(8-10-17)15-11-13-5-3-4-6-14(13)12-15;3-1(4)2(5)6/h3-6,15H,2,7-12H2,1H3;(H,3,4)(H,5,6). The van der Waals surface area contributed by atoms with E-state index in [1.54, 1.807) is 11.2 Å². The van der Waals surface area contributed by atoms with E-state index in [2.05, 4.69) is 29.2 Å². The summed E-state index contributed by atoms with van der Waals surface area (Å²) in [5, 5.41) is 14.8. The third-order valence-corrected chi connectivity index (χ3v) is 6.64. The van der Waals surface area contributed by atoms with E-state index in [-0.39, 0.29) is 5.75 Å². The molecule has 9 heteroatoms. The van der Waals surface area contributed by atoms with Gasteiger partial charge in [-0.2, -0.15) is 4.31 Å². The highest BCUT2D eigenvalue weighted by Crippen LogP contribution is 2.26. The van der Waals surface area contributed by atoms with Crippen LogP contribution in [0.4, 0.5) is 0 Å². The number of benzene rings is 1. The molecule has 1 aliphatic carbocycles. The summed E-state index contributed by atoms with van der Waals surface area (Å²) in [4.78, 5) is 20.7. The summed E-state index contributed by atoms with van der Waals surface area (Å²) in [6.45, 7) is 4.72. The molecule has 0 spiro atoms. The lowest BCUT2D eigenvalue weighted by atomic mass is 10.1. The van der Waals surface area contributed by atoms with E-state index in [0.29, 0.717) is 19.1 Å². The van der Waals surface area contributed by atoms with Crippen molar-refractivity contribution in [2.75, 3.05) is 31.9 Å². The summed E-state index contributed by atoms with van der Waals surface area (Å²) >= 11 is 0. The third kappa shape index (κ3) is 5.03. The van der Waals surface area contributed by atoms with Crippen LogP contribution < -0.4 is 0 Å². The lowest BCUT2D eigenvalue weighted by Gasteiger charge is -2.37. The van der Waals surface area contributed by atoms with Crippen molar-refractivity contribution in [2.24, 2.45) is 0 Å². The topological polar surface area (TPSA) is 115 Å². The fourth-order valence-corrected chi connectivity index (χ4v) is 4.41. The van der Waals surface area contributed by atoms with Crippen LogP contribution in [0.15, 0.2) is 24.3 Å². The van der Waals surface area contributed by atoms with Crippen molar-refractivity contribution in [3.8, 4) is 0 Å². The number of carbonyl (C=O) groups is 2. The predicted octanol–water partition coefficient (Wildman–Crippen LogP) is 0.277. The van der Waals surface area contributed by atoms with Gasteiger partial charge in [0.2, 0.25) is 10.0 Å². The number of rotatable bonds is 3. The van der Waals surface area contributed by atoms with E-state index in [1.807, 2.05) is 0 Å². The van der Waals surface area contributed by atoms with Crippen molar-refractivity contribution in [3.63, 3.8) is 0 Å². The number of fused-ring (bicyclic) bond motifs is 1. The molecular weight excluding hydrogens is 360 g/mol. The molecule has 1 heterocycles. The second-order valence-electron chi connectivity index (χ2n) is 6.28. The van der Waals surface area contributed by atoms with Gasteiger partial charge < -0.3 is 10.2 Å². The van der Waals surface area contributed by atoms with Crippen LogP contribution in [0.25, 0.3) is 0 Å². The first-order valence-corrected chi connectivity index (χ1v) is 10.1. The minimum atomic E-state index is -3.02. The molecule has 0 unspecified atom stereocenters. The van der Waals surface area contributed by atoms with Crippen LogP contribution in [-0.4, -0.2) is 77.7 Å². The molecule has 0 amide bonds. The van der Waals surface area contributed by atoms with Crippen LogP contribution in [0, 0.1) is 0 Å². The summed E-state index contributed by atoms with van der Waals surface area (Å²) < 4.78 is 25.4. The van der Waals surface area contributed by atoms with Crippen molar-refractivity contribution in [2.45, 2.75) is 25.8 Å². The van der Waals surface area contributed by atoms with Gasteiger partial charge in [0.25, 0.3) is 0 Å². The van der Waals surface area contributed by atoms with Crippen LogP contribution in [-0.2, 0) is 32.5 Å². The highest BCUT2D eigenvalue weighted by Gasteiger charge is 2.31. The zero-order valence-electron chi connectivity index (χ0n) is 14.7. The largest absolute Gasteiger partial charge is 0.473 e. The molecule has 26 heavy (non-hydrogen) atoms. The predicted molar refractivity (Wildman–Crippen MR) is 95.5 cm³/mol. The Morgan fingerprint density at radius 3 is 1.85 bits per heavy atom. The monoisotopic (exact) mass is 384 g/mol. The number of carboxylic acid groups (broad SMARTS) is 2. The molecule has 2 aliphatic rings. The Kier molecular flexibility index (Phi) is 6.74. The van der Waals surface area contributed by atoms with Crippen molar-refractivity contribution in [1.82, 2.24) is 9.21 Å². The molecule has 8 nitrogen and oxygen atoms in total. The van der Waals surface area contributed by atoms with Gasteiger partial charge in [-0.1, -0.05) is 24.3 Å². The Hall–Kier alpha value is -1.97. The molecule has 1 aliphatic heterocycles. The number of hydrogen-bond donors (Lipinski definition) is 2. The van der Waals surface area contributed by atoms with Crippen molar-refractivity contribution in [1.29, 1.82) is 0 Å². The number of sulfonamides is 1. The molecule has 0 radical (unpaired) electrons. The van der Waals surface area contributed by atoms with E-state index in [1.165, 1.54) is 11.1 Å². The molecule has 3 rings (SSSR count). The van der Waals surface area contributed by atoms with Crippen LogP contribution in [0.5, 0.6) is 0 Å². The molecular formula is C17H24N2O6S. The smallest absolute Gasteiger partial charge is 0.414 e. The first-order valence-electron chi connectivity index (χ1n) is 8.49. The lowest BCUT2D eigenvalue weighted by Crippen LogP contribution is -2.52. The molecule has 1 fully saturated rings. The molecule has 1 aromatic rings. The normalized spacial score (nSPS) is 18.7. The zero-order valence-corrected chi connectivity index (χ0v) is 15.5. The first-order chi connectivity index (χ1) is 12.2. The Bertz CT molecular complexity index is 719. The Morgan fingerprint density at radius 2 is 1.46 bits per heavy atom. The third-order valence-electron chi connectivity index (χ3n) is 4.76.